The molecule has 2 aromatic carbocycles. The SMILES string of the molecule is Fc1cccc(Cl)c1COc1ccccc1CNn1cnnc1. The average molecular weight is 333 g/mol. The predicted octanol–water partition coefficient (Wildman–Crippen LogP) is 3.39. The van der Waals surface area contributed by atoms with E-state index in [1.807, 2.05) is 24.3 Å². The Hall–Kier alpha value is -2.60. The molecule has 0 atom stereocenters. The first-order valence-electron chi connectivity index (χ1n) is 6.96. The van der Waals surface area contributed by atoms with E-state index in [1.54, 1.807) is 29.5 Å². The summed E-state index contributed by atoms with van der Waals surface area (Å²) in [7, 11) is 0. The van der Waals surface area contributed by atoms with Crippen LogP contribution < -0.4 is 10.2 Å². The van der Waals surface area contributed by atoms with Crippen molar-refractivity contribution in [3.63, 3.8) is 0 Å². The summed E-state index contributed by atoms with van der Waals surface area (Å²) in [6, 6.07) is 12.1. The van der Waals surface area contributed by atoms with E-state index >= 15 is 0 Å². The maximum absolute atomic E-state index is 13.8. The second kappa shape index (κ2) is 7.11. The van der Waals surface area contributed by atoms with Crippen LogP contribution in [0.3, 0.4) is 0 Å². The molecule has 0 aliphatic carbocycles. The van der Waals surface area contributed by atoms with E-state index < -0.39 is 0 Å². The second-order valence-corrected chi connectivity index (χ2v) is 5.21. The van der Waals surface area contributed by atoms with Gasteiger partial charge in [-0.3, -0.25) is 0 Å². The van der Waals surface area contributed by atoms with Gasteiger partial charge in [0, 0.05) is 11.1 Å². The maximum atomic E-state index is 13.8. The highest BCUT2D eigenvalue weighted by atomic mass is 35.5. The summed E-state index contributed by atoms with van der Waals surface area (Å²) in [5, 5.41) is 7.78. The van der Waals surface area contributed by atoms with Crippen LogP contribution in [0.5, 0.6) is 5.75 Å². The number of hydrogen-bond donors (Lipinski definition) is 1. The lowest BCUT2D eigenvalue weighted by Crippen LogP contribution is -2.13. The van der Waals surface area contributed by atoms with Gasteiger partial charge in [0.2, 0.25) is 0 Å². The summed E-state index contributed by atoms with van der Waals surface area (Å²) in [5.74, 6) is 0.282. The van der Waals surface area contributed by atoms with E-state index in [2.05, 4.69) is 15.6 Å². The third kappa shape index (κ3) is 3.78. The van der Waals surface area contributed by atoms with Crippen molar-refractivity contribution >= 4 is 11.6 Å². The van der Waals surface area contributed by atoms with E-state index in [4.69, 9.17) is 16.3 Å². The van der Waals surface area contributed by atoms with Crippen LogP contribution in [0.2, 0.25) is 5.02 Å². The van der Waals surface area contributed by atoms with Crippen LogP contribution in [0.4, 0.5) is 4.39 Å². The third-order valence-corrected chi connectivity index (χ3v) is 3.63. The van der Waals surface area contributed by atoms with Gasteiger partial charge in [-0.25, -0.2) is 9.07 Å². The Morgan fingerprint density at radius 1 is 1.09 bits per heavy atom. The zero-order chi connectivity index (χ0) is 16.1. The lowest BCUT2D eigenvalue weighted by Gasteiger charge is -2.13. The van der Waals surface area contributed by atoms with Crippen LogP contribution in [-0.2, 0) is 13.2 Å². The molecule has 0 saturated carbocycles. The number of hydrogen-bond acceptors (Lipinski definition) is 4. The van der Waals surface area contributed by atoms with Gasteiger partial charge in [0.1, 0.15) is 30.8 Å². The Bertz CT molecular complexity index is 759. The fourth-order valence-electron chi connectivity index (χ4n) is 2.07. The van der Waals surface area contributed by atoms with Crippen LogP contribution in [-0.4, -0.2) is 14.9 Å². The van der Waals surface area contributed by atoms with Gasteiger partial charge in [0.15, 0.2) is 0 Å². The number of para-hydroxylation sites is 1. The summed E-state index contributed by atoms with van der Waals surface area (Å²) in [5.41, 5.74) is 4.38. The molecule has 0 aliphatic rings. The zero-order valence-electron chi connectivity index (χ0n) is 12.1. The van der Waals surface area contributed by atoms with Crippen molar-refractivity contribution < 1.29 is 9.13 Å². The van der Waals surface area contributed by atoms with Gasteiger partial charge in [-0.1, -0.05) is 35.9 Å². The minimum atomic E-state index is -0.377. The molecule has 1 aromatic heterocycles. The molecule has 3 rings (SSSR count). The Balaban J connectivity index is 1.70. The Morgan fingerprint density at radius 3 is 2.65 bits per heavy atom. The Labute approximate surface area is 137 Å². The van der Waals surface area contributed by atoms with Gasteiger partial charge < -0.3 is 10.2 Å². The van der Waals surface area contributed by atoms with Crippen LogP contribution in [0.15, 0.2) is 55.1 Å². The molecule has 1 heterocycles. The molecular formula is C16H14ClFN4O. The smallest absolute Gasteiger partial charge is 0.138 e. The minimum absolute atomic E-state index is 0.0646. The summed E-state index contributed by atoms with van der Waals surface area (Å²) in [4.78, 5) is 0. The van der Waals surface area contributed by atoms with E-state index in [0.717, 1.165) is 5.56 Å². The van der Waals surface area contributed by atoms with Crippen molar-refractivity contribution in [2.75, 3.05) is 5.43 Å². The van der Waals surface area contributed by atoms with Crippen LogP contribution in [0.1, 0.15) is 11.1 Å². The van der Waals surface area contributed by atoms with E-state index in [-0.39, 0.29) is 12.4 Å². The highest BCUT2D eigenvalue weighted by Gasteiger charge is 2.09. The summed E-state index contributed by atoms with van der Waals surface area (Å²) < 4.78 is 21.2. The largest absolute Gasteiger partial charge is 0.488 e. The van der Waals surface area contributed by atoms with Crippen LogP contribution in [0, 0.1) is 5.82 Å². The fourth-order valence-corrected chi connectivity index (χ4v) is 2.29. The number of nitrogens with one attached hydrogen (secondary N) is 1. The zero-order valence-corrected chi connectivity index (χ0v) is 12.9. The quantitative estimate of drug-likeness (QED) is 0.751. The monoisotopic (exact) mass is 332 g/mol. The summed E-state index contributed by atoms with van der Waals surface area (Å²) in [6.07, 6.45) is 3.12. The van der Waals surface area contributed by atoms with Crippen molar-refractivity contribution in [2.24, 2.45) is 0 Å². The minimum Gasteiger partial charge on any atom is -0.488 e. The van der Waals surface area contributed by atoms with Crippen molar-refractivity contribution in [1.82, 2.24) is 14.9 Å². The molecular weight excluding hydrogens is 319 g/mol. The highest BCUT2D eigenvalue weighted by molar-refractivity contribution is 6.31. The van der Waals surface area contributed by atoms with Crippen molar-refractivity contribution in [3.8, 4) is 5.75 Å². The fraction of sp³-hybridized carbons (Fsp3) is 0.125. The Kier molecular flexibility index (Phi) is 4.73. The van der Waals surface area contributed by atoms with Crippen molar-refractivity contribution in [2.45, 2.75) is 13.2 Å². The second-order valence-electron chi connectivity index (χ2n) is 4.80. The number of benzene rings is 2. The maximum Gasteiger partial charge on any atom is 0.138 e. The molecule has 118 valence electrons. The lowest BCUT2D eigenvalue weighted by molar-refractivity contribution is 0.297. The van der Waals surface area contributed by atoms with Crippen molar-refractivity contribution in [3.05, 3.63) is 77.1 Å². The van der Waals surface area contributed by atoms with E-state index in [9.17, 15) is 4.39 Å². The molecule has 0 bridgehead atoms. The molecule has 3 aromatic rings. The van der Waals surface area contributed by atoms with Gasteiger partial charge >= 0.3 is 0 Å². The number of ether oxygens (including phenoxy) is 1. The highest BCUT2D eigenvalue weighted by Crippen LogP contribution is 2.23. The first-order valence-corrected chi connectivity index (χ1v) is 7.34. The predicted molar refractivity (Wildman–Crippen MR) is 85.3 cm³/mol. The Morgan fingerprint density at radius 2 is 1.87 bits per heavy atom. The molecule has 0 fully saturated rings. The molecule has 23 heavy (non-hydrogen) atoms. The lowest BCUT2D eigenvalue weighted by atomic mass is 10.2. The molecule has 0 spiro atoms. The van der Waals surface area contributed by atoms with Gasteiger partial charge in [-0.05, 0) is 18.2 Å². The standard InChI is InChI=1S/C16H14ClFN4O/c17-14-5-3-6-15(18)13(14)9-23-16-7-2-1-4-12(16)8-21-22-10-19-20-11-22/h1-7,10-11,21H,8-9H2. The first-order chi connectivity index (χ1) is 11.2. The van der Waals surface area contributed by atoms with Gasteiger partial charge in [-0.2, -0.15) is 0 Å². The van der Waals surface area contributed by atoms with Gasteiger partial charge in [-0.15, -0.1) is 10.2 Å². The number of nitrogens with zero attached hydrogens (tertiary/aromatic N) is 3. The van der Waals surface area contributed by atoms with Crippen molar-refractivity contribution in [1.29, 1.82) is 0 Å². The summed E-state index contributed by atoms with van der Waals surface area (Å²) in [6.45, 7) is 0.578. The molecule has 1 N–H and O–H groups in total. The molecule has 7 heteroatoms. The normalized spacial score (nSPS) is 10.5. The first kappa shape index (κ1) is 15.3. The third-order valence-electron chi connectivity index (χ3n) is 3.28. The number of rotatable bonds is 6. The van der Waals surface area contributed by atoms with E-state index in [0.29, 0.717) is 22.9 Å². The molecule has 0 amide bonds. The average Bonchev–Trinajstić information content (AvgIpc) is 3.07. The van der Waals surface area contributed by atoms with Crippen LogP contribution >= 0.6 is 11.6 Å². The van der Waals surface area contributed by atoms with E-state index in [1.165, 1.54) is 6.07 Å². The molecule has 0 aliphatic heterocycles. The van der Waals surface area contributed by atoms with Crippen LogP contribution in [0.25, 0.3) is 0 Å². The number of halogens is 2. The molecule has 0 saturated heterocycles. The summed E-state index contributed by atoms with van der Waals surface area (Å²) >= 11 is 6.01. The number of aromatic nitrogens is 3. The topological polar surface area (TPSA) is 52.0 Å². The molecule has 0 radical (unpaired) electrons. The van der Waals surface area contributed by atoms with Gasteiger partial charge in [0.05, 0.1) is 11.6 Å². The molecule has 0 unspecified atom stereocenters. The molecule has 5 nitrogen and oxygen atoms in total. The van der Waals surface area contributed by atoms with Gasteiger partial charge in [0.25, 0.3) is 0 Å².